The number of aromatic nitrogens is 1. The molecule has 0 bridgehead atoms. The highest BCUT2D eigenvalue weighted by Gasteiger charge is 2.08. The number of rotatable bonds is 4. The Hall–Kier alpha value is -2.39. The van der Waals surface area contributed by atoms with Crippen molar-refractivity contribution in [1.82, 2.24) is 4.98 Å². The molecule has 0 radical (unpaired) electrons. The number of para-hydroxylation sites is 1. The van der Waals surface area contributed by atoms with Gasteiger partial charge in [-0.15, -0.1) is 0 Å². The Morgan fingerprint density at radius 1 is 1.05 bits per heavy atom. The SMILES string of the molecule is CCc1cc2ccccc2nc1Oc1cccc(CO)c1. The minimum absolute atomic E-state index is 0.00296. The second kappa shape index (κ2) is 5.94. The molecule has 21 heavy (non-hydrogen) atoms. The molecule has 0 unspecified atom stereocenters. The van der Waals surface area contributed by atoms with Gasteiger partial charge in [-0.3, -0.25) is 0 Å². The van der Waals surface area contributed by atoms with Crippen LogP contribution in [0.15, 0.2) is 54.6 Å². The first kappa shape index (κ1) is 13.6. The molecule has 1 heterocycles. The second-order valence-electron chi connectivity index (χ2n) is 4.91. The van der Waals surface area contributed by atoms with E-state index in [1.807, 2.05) is 42.5 Å². The van der Waals surface area contributed by atoms with Gasteiger partial charge in [0.2, 0.25) is 5.88 Å². The number of hydrogen-bond donors (Lipinski definition) is 1. The third kappa shape index (κ3) is 2.88. The molecule has 0 amide bonds. The number of fused-ring (bicyclic) bond motifs is 1. The third-order valence-corrected chi connectivity index (χ3v) is 3.44. The van der Waals surface area contributed by atoms with Crippen LogP contribution < -0.4 is 4.74 Å². The normalized spacial score (nSPS) is 10.8. The largest absolute Gasteiger partial charge is 0.439 e. The molecule has 2 aromatic carbocycles. The summed E-state index contributed by atoms with van der Waals surface area (Å²) < 4.78 is 5.93. The average Bonchev–Trinajstić information content (AvgIpc) is 2.54. The first-order valence-electron chi connectivity index (χ1n) is 7.06. The number of aliphatic hydroxyl groups is 1. The molecule has 3 nitrogen and oxygen atoms in total. The van der Waals surface area contributed by atoms with Gasteiger partial charge in [-0.2, -0.15) is 0 Å². The lowest BCUT2D eigenvalue weighted by Crippen LogP contribution is -1.95. The van der Waals surface area contributed by atoms with E-state index in [9.17, 15) is 5.11 Å². The summed E-state index contributed by atoms with van der Waals surface area (Å²) >= 11 is 0. The smallest absolute Gasteiger partial charge is 0.223 e. The molecule has 1 N–H and O–H groups in total. The molecular weight excluding hydrogens is 262 g/mol. The highest BCUT2D eigenvalue weighted by Crippen LogP contribution is 2.27. The summed E-state index contributed by atoms with van der Waals surface area (Å²) in [6.45, 7) is 2.09. The van der Waals surface area contributed by atoms with Gasteiger partial charge in [-0.05, 0) is 36.2 Å². The number of pyridine rings is 1. The van der Waals surface area contributed by atoms with E-state index in [0.717, 1.165) is 28.5 Å². The molecule has 0 aliphatic rings. The number of nitrogens with zero attached hydrogens (tertiary/aromatic N) is 1. The number of hydrogen-bond acceptors (Lipinski definition) is 3. The molecule has 0 aliphatic carbocycles. The lowest BCUT2D eigenvalue weighted by atomic mass is 10.1. The van der Waals surface area contributed by atoms with E-state index in [1.165, 1.54) is 0 Å². The third-order valence-electron chi connectivity index (χ3n) is 3.44. The highest BCUT2D eigenvalue weighted by molar-refractivity contribution is 5.80. The number of aryl methyl sites for hydroxylation is 1. The van der Waals surface area contributed by atoms with Crippen LogP contribution in [0.2, 0.25) is 0 Å². The Kier molecular flexibility index (Phi) is 3.84. The summed E-state index contributed by atoms with van der Waals surface area (Å²) in [6, 6.07) is 17.6. The van der Waals surface area contributed by atoms with Crippen LogP contribution in [0.1, 0.15) is 18.1 Å². The Balaban J connectivity index is 2.02. The quantitative estimate of drug-likeness (QED) is 0.782. The fourth-order valence-electron chi connectivity index (χ4n) is 2.30. The van der Waals surface area contributed by atoms with Crippen molar-refractivity contribution in [3.63, 3.8) is 0 Å². The van der Waals surface area contributed by atoms with Crippen molar-refractivity contribution in [2.75, 3.05) is 0 Å². The number of aliphatic hydroxyl groups excluding tert-OH is 1. The summed E-state index contributed by atoms with van der Waals surface area (Å²) in [7, 11) is 0. The van der Waals surface area contributed by atoms with Crippen LogP contribution in [0.25, 0.3) is 10.9 Å². The molecule has 0 spiro atoms. The van der Waals surface area contributed by atoms with E-state index < -0.39 is 0 Å². The lowest BCUT2D eigenvalue weighted by molar-refractivity contribution is 0.281. The average molecular weight is 279 g/mol. The Bertz CT molecular complexity index is 768. The molecule has 3 rings (SSSR count). The van der Waals surface area contributed by atoms with Crippen LogP contribution in [0.4, 0.5) is 0 Å². The Morgan fingerprint density at radius 2 is 1.90 bits per heavy atom. The molecule has 0 fully saturated rings. The maximum absolute atomic E-state index is 9.20. The minimum Gasteiger partial charge on any atom is -0.439 e. The minimum atomic E-state index is 0.00296. The molecule has 0 saturated heterocycles. The predicted octanol–water partition coefficient (Wildman–Crippen LogP) is 4.08. The summed E-state index contributed by atoms with van der Waals surface area (Å²) in [5, 5.41) is 10.3. The molecule has 3 heteroatoms. The van der Waals surface area contributed by atoms with E-state index in [2.05, 4.69) is 24.0 Å². The maximum atomic E-state index is 9.20. The van der Waals surface area contributed by atoms with Crippen molar-refractivity contribution in [2.45, 2.75) is 20.0 Å². The van der Waals surface area contributed by atoms with Crippen molar-refractivity contribution >= 4 is 10.9 Å². The lowest BCUT2D eigenvalue weighted by Gasteiger charge is -2.11. The van der Waals surface area contributed by atoms with Gasteiger partial charge >= 0.3 is 0 Å². The van der Waals surface area contributed by atoms with E-state index >= 15 is 0 Å². The topological polar surface area (TPSA) is 42.4 Å². The fraction of sp³-hybridized carbons (Fsp3) is 0.167. The zero-order valence-corrected chi connectivity index (χ0v) is 11.9. The van der Waals surface area contributed by atoms with E-state index in [1.54, 1.807) is 0 Å². The first-order chi connectivity index (χ1) is 10.3. The van der Waals surface area contributed by atoms with Crippen molar-refractivity contribution in [2.24, 2.45) is 0 Å². The zero-order chi connectivity index (χ0) is 14.7. The van der Waals surface area contributed by atoms with Gasteiger partial charge in [-0.1, -0.05) is 37.3 Å². The molecule has 0 atom stereocenters. The van der Waals surface area contributed by atoms with E-state index in [0.29, 0.717) is 11.6 Å². The van der Waals surface area contributed by atoms with Gasteiger partial charge in [0.15, 0.2) is 0 Å². The summed E-state index contributed by atoms with van der Waals surface area (Å²) in [6.07, 6.45) is 0.854. The first-order valence-corrected chi connectivity index (χ1v) is 7.06. The van der Waals surface area contributed by atoms with Gasteiger partial charge in [-0.25, -0.2) is 4.98 Å². The Morgan fingerprint density at radius 3 is 2.71 bits per heavy atom. The second-order valence-corrected chi connectivity index (χ2v) is 4.91. The molecule has 1 aromatic heterocycles. The maximum Gasteiger partial charge on any atom is 0.223 e. The standard InChI is InChI=1S/C18H17NO2/c1-2-14-11-15-7-3-4-9-17(15)19-18(14)21-16-8-5-6-13(10-16)12-20/h3-11,20H,2,12H2,1H3. The van der Waals surface area contributed by atoms with E-state index in [-0.39, 0.29) is 6.61 Å². The molecular formula is C18H17NO2. The fourth-order valence-corrected chi connectivity index (χ4v) is 2.30. The monoisotopic (exact) mass is 279 g/mol. The highest BCUT2D eigenvalue weighted by atomic mass is 16.5. The molecule has 0 aliphatic heterocycles. The van der Waals surface area contributed by atoms with Crippen LogP contribution in [0.5, 0.6) is 11.6 Å². The van der Waals surface area contributed by atoms with Crippen LogP contribution >= 0.6 is 0 Å². The van der Waals surface area contributed by atoms with Crippen LogP contribution in [-0.2, 0) is 13.0 Å². The zero-order valence-electron chi connectivity index (χ0n) is 11.9. The van der Waals surface area contributed by atoms with Gasteiger partial charge in [0, 0.05) is 10.9 Å². The van der Waals surface area contributed by atoms with Gasteiger partial charge < -0.3 is 9.84 Å². The van der Waals surface area contributed by atoms with Gasteiger partial charge in [0.25, 0.3) is 0 Å². The van der Waals surface area contributed by atoms with Crippen LogP contribution in [0, 0.1) is 0 Å². The summed E-state index contributed by atoms with van der Waals surface area (Å²) in [5.41, 5.74) is 2.82. The summed E-state index contributed by atoms with van der Waals surface area (Å²) in [4.78, 5) is 4.61. The summed E-state index contributed by atoms with van der Waals surface area (Å²) in [5.74, 6) is 1.32. The van der Waals surface area contributed by atoms with Crippen LogP contribution in [-0.4, -0.2) is 10.1 Å². The van der Waals surface area contributed by atoms with Gasteiger partial charge in [0.1, 0.15) is 5.75 Å². The number of benzene rings is 2. The van der Waals surface area contributed by atoms with Crippen molar-refractivity contribution in [1.29, 1.82) is 0 Å². The number of ether oxygens (including phenoxy) is 1. The van der Waals surface area contributed by atoms with Crippen LogP contribution in [0.3, 0.4) is 0 Å². The Labute approximate surface area is 123 Å². The van der Waals surface area contributed by atoms with Gasteiger partial charge in [0.05, 0.1) is 12.1 Å². The van der Waals surface area contributed by atoms with Crippen molar-refractivity contribution in [3.8, 4) is 11.6 Å². The molecule has 0 saturated carbocycles. The predicted molar refractivity (Wildman–Crippen MR) is 83.6 cm³/mol. The van der Waals surface area contributed by atoms with Crippen molar-refractivity contribution < 1.29 is 9.84 Å². The van der Waals surface area contributed by atoms with Crippen molar-refractivity contribution in [3.05, 3.63) is 65.7 Å². The molecule has 3 aromatic rings. The van der Waals surface area contributed by atoms with E-state index in [4.69, 9.17) is 4.74 Å². The molecule has 106 valence electrons.